The molecule has 1 heterocycles. The lowest BCUT2D eigenvalue weighted by Crippen LogP contribution is -2.15. The van der Waals surface area contributed by atoms with Crippen LogP contribution in [0.4, 0.5) is 23.4 Å². The molecule has 0 fully saturated rings. The Morgan fingerprint density at radius 3 is 2.38 bits per heavy atom. The fourth-order valence-electron chi connectivity index (χ4n) is 2.24. The van der Waals surface area contributed by atoms with E-state index in [1.165, 1.54) is 19.2 Å². The number of nitrogens with two attached hydrogens (primary N) is 3. The summed E-state index contributed by atoms with van der Waals surface area (Å²) in [5, 5.41) is 0. The fourth-order valence-corrected chi connectivity index (χ4v) is 2.24. The number of benzene rings is 1. The van der Waals surface area contributed by atoms with Crippen LogP contribution >= 0.6 is 0 Å². The number of nitrogens with zero attached hydrogens (tertiary/aromatic N) is 2. The maximum Gasteiger partial charge on any atom is 0.416 e. The van der Waals surface area contributed by atoms with Gasteiger partial charge in [-0.25, -0.2) is 14.4 Å². The first-order valence-corrected chi connectivity index (χ1v) is 8.09. The van der Waals surface area contributed by atoms with Crippen LogP contribution in [-0.2, 0) is 6.18 Å². The van der Waals surface area contributed by atoms with Gasteiger partial charge < -0.3 is 17.2 Å². The van der Waals surface area contributed by atoms with Gasteiger partial charge in [0.05, 0.1) is 16.8 Å². The summed E-state index contributed by atoms with van der Waals surface area (Å²) >= 11 is 0. The molecule has 0 bridgehead atoms. The Labute approximate surface area is 164 Å². The highest BCUT2D eigenvalue weighted by molar-refractivity contribution is 6.16. The zero-order valence-corrected chi connectivity index (χ0v) is 15.3. The number of pyridine rings is 1. The molecule has 2 rings (SSSR count). The van der Waals surface area contributed by atoms with E-state index < -0.39 is 23.1 Å². The lowest BCUT2D eigenvalue weighted by molar-refractivity contribution is -0.137. The van der Waals surface area contributed by atoms with Crippen LogP contribution in [-0.4, -0.2) is 10.7 Å². The van der Waals surface area contributed by atoms with E-state index in [2.05, 4.69) is 28.4 Å². The van der Waals surface area contributed by atoms with Gasteiger partial charge in [0.2, 0.25) is 0 Å². The monoisotopic (exact) mass is 403 g/mol. The van der Waals surface area contributed by atoms with Crippen molar-refractivity contribution >= 4 is 11.5 Å². The maximum absolute atomic E-state index is 14.4. The summed E-state index contributed by atoms with van der Waals surface area (Å²) in [7, 11) is 0. The number of nitrogen functional groups attached to an aromatic ring is 1. The molecule has 0 aliphatic heterocycles. The van der Waals surface area contributed by atoms with Crippen molar-refractivity contribution in [1.82, 2.24) is 4.98 Å². The van der Waals surface area contributed by atoms with Crippen LogP contribution in [0, 0.1) is 17.7 Å². The summed E-state index contributed by atoms with van der Waals surface area (Å²) in [5.41, 5.74) is 15.6. The molecule has 0 amide bonds. The molecule has 2 aromatic rings. The van der Waals surface area contributed by atoms with Crippen molar-refractivity contribution in [3.8, 4) is 11.8 Å². The average Bonchev–Trinajstić information content (AvgIpc) is 2.61. The number of hydrogen-bond acceptors (Lipinski definition) is 5. The van der Waals surface area contributed by atoms with E-state index in [0.29, 0.717) is 23.8 Å². The standard InChI is InChI=1S/C20H17F4N5/c1-11(25)15(6-3-13-4-8-18(27)28-10-13)19(29-12(2)26)16-9-14(20(22,23)24)5-7-17(16)21/h4-5,7-10H,2,25-26H2,1H3,(H2,27,28)/b15-11-,29-19+. The minimum Gasteiger partial charge on any atom is -0.401 e. The third-order valence-electron chi connectivity index (χ3n) is 3.55. The quantitative estimate of drug-likeness (QED) is 0.415. The van der Waals surface area contributed by atoms with Gasteiger partial charge in [-0.1, -0.05) is 18.4 Å². The summed E-state index contributed by atoms with van der Waals surface area (Å²) in [6, 6.07) is 5.03. The van der Waals surface area contributed by atoms with Crippen molar-refractivity contribution < 1.29 is 17.6 Å². The Balaban J connectivity index is 2.67. The fraction of sp³-hybridized carbons (Fsp3) is 0.100. The van der Waals surface area contributed by atoms with Crippen molar-refractivity contribution in [3.05, 3.63) is 82.7 Å². The number of halogens is 4. The molecule has 150 valence electrons. The predicted molar refractivity (Wildman–Crippen MR) is 104 cm³/mol. The Morgan fingerprint density at radius 2 is 1.86 bits per heavy atom. The first-order chi connectivity index (χ1) is 13.5. The van der Waals surface area contributed by atoms with E-state index in [0.717, 1.165) is 0 Å². The molecule has 1 aromatic heterocycles. The summed E-state index contributed by atoms with van der Waals surface area (Å²) in [5.74, 6) is 4.51. The highest BCUT2D eigenvalue weighted by Crippen LogP contribution is 2.31. The predicted octanol–water partition coefficient (Wildman–Crippen LogP) is 3.33. The van der Waals surface area contributed by atoms with Gasteiger partial charge in [0.25, 0.3) is 0 Å². The molecule has 0 spiro atoms. The van der Waals surface area contributed by atoms with Crippen molar-refractivity contribution in [2.45, 2.75) is 13.1 Å². The number of rotatable bonds is 3. The molecule has 0 saturated carbocycles. The largest absolute Gasteiger partial charge is 0.416 e. The third kappa shape index (κ3) is 5.59. The smallest absolute Gasteiger partial charge is 0.401 e. The van der Waals surface area contributed by atoms with E-state index in [1.54, 1.807) is 6.07 Å². The maximum atomic E-state index is 14.4. The van der Waals surface area contributed by atoms with Crippen molar-refractivity contribution in [2.24, 2.45) is 16.5 Å². The van der Waals surface area contributed by atoms with Crippen LogP contribution in [0.15, 0.2) is 65.2 Å². The van der Waals surface area contributed by atoms with Gasteiger partial charge in [0, 0.05) is 23.0 Å². The first kappa shape index (κ1) is 21.5. The molecule has 0 saturated heterocycles. The second-order valence-corrected chi connectivity index (χ2v) is 5.92. The zero-order valence-electron chi connectivity index (χ0n) is 15.3. The number of allylic oxidation sites excluding steroid dienone is 2. The minimum atomic E-state index is -4.68. The molecule has 0 aliphatic carbocycles. The molecule has 1 aromatic carbocycles. The number of alkyl halides is 3. The highest BCUT2D eigenvalue weighted by Gasteiger charge is 2.32. The SMILES string of the molecule is C=C(N)/N=C(\C(C#Cc1ccc(N)nc1)=C(\C)N)c1cc(C(F)(F)F)ccc1F. The Morgan fingerprint density at radius 1 is 1.17 bits per heavy atom. The second-order valence-electron chi connectivity index (χ2n) is 5.92. The van der Waals surface area contributed by atoms with E-state index in [-0.39, 0.29) is 28.6 Å². The number of aliphatic imine (C=N–C) groups is 1. The van der Waals surface area contributed by atoms with Crippen molar-refractivity contribution in [2.75, 3.05) is 5.73 Å². The molecule has 29 heavy (non-hydrogen) atoms. The van der Waals surface area contributed by atoms with Crippen LogP contribution in [0.25, 0.3) is 0 Å². The average molecular weight is 403 g/mol. The third-order valence-corrected chi connectivity index (χ3v) is 3.55. The van der Waals surface area contributed by atoms with Crippen molar-refractivity contribution in [3.63, 3.8) is 0 Å². The lowest BCUT2D eigenvalue weighted by atomic mass is 9.98. The van der Waals surface area contributed by atoms with Gasteiger partial charge in [0.1, 0.15) is 17.5 Å². The molecule has 9 heteroatoms. The Hall–Kier alpha value is -3.80. The normalized spacial score (nSPS) is 12.7. The second kappa shape index (κ2) is 8.48. The minimum absolute atomic E-state index is 0.00773. The number of aromatic nitrogens is 1. The van der Waals surface area contributed by atoms with Gasteiger partial charge in [0.15, 0.2) is 0 Å². The van der Waals surface area contributed by atoms with E-state index in [4.69, 9.17) is 17.2 Å². The summed E-state index contributed by atoms with van der Waals surface area (Å²) in [6.07, 6.45) is -3.29. The molecule has 6 N–H and O–H groups in total. The van der Waals surface area contributed by atoms with Crippen LogP contribution < -0.4 is 17.2 Å². The molecule has 0 unspecified atom stereocenters. The molecule has 0 radical (unpaired) electrons. The van der Waals surface area contributed by atoms with Gasteiger partial charge in [-0.3, -0.25) is 0 Å². The topological polar surface area (TPSA) is 103 Å². The number of hydrogen-bond donors (Lipinski definition) is 3. The van der Waals surface area contributed by atoms with Crippen LogP contribution in [0.1, 0.15) is 23.6 Å². The van der Waals surface area contributed by atoms with Gasteiger partial charge in [-0.15, -0.1) is 0 Å². The zero-order chi connectivity index (χ0) is 21.8. The molecular weight excluding hydrogens is 386 g/mol. The number of anilines is 1. The molecular formula is C20H17F4N5. The van der Waals surface area contributed by atoms with Crippen LogP contribution in [0.5, 0.6) is 0 Å². The van der Waals surface area contributed by atoms with E-state index >= 15 is 0 Å². The summed E-state index contributed by atoms with van der Waals surface area (Å²) in [6.45, 7) is 4.85. The van der Waals surface area contributed by atoms with Crippen LogP contribution in [0.2, 0.25) is 0 Å². The van der Waals surface area contributed by atoms with Gasteiger partial charge in [-0.05, 0) is 37.3 Å². The Bertz CT molecular complexity index is 1050. The molecule has 5 nitrogen and oxygen atoms in total. The first-order valence-electron chi connectivity index (χ1n) is 8.09. The molecule has 0 aliphatic rings. The van der Waals surface area contributed by atoms with E-state index in [9.17, 15) is 17.6 Å². The van der Waals surface area contributed by atoms with Crippen molar-refractivity contribution in [1.29, 1.82) is 0 Å². The summed E-state index contributed by atoms with van der Waals surface area (Å²) < 4.78 is 53.7. The summed E-state index contributed by atoms with van der Waals surface area (Å²) in [4.78, 5) is 7.78. The molecule has 0 atom stereocenters. The van der Waals surface area contributed by atoms with Crippen LogP contribution in [0.3, 0.4) is 0 Å². The Kier molecular flexibility index (Phi) is 6.28. The van der Waals surface area contributed by atoms with Gasteiger partial charge in [-0.2, -0.15) is 13.2 Å². The van der Waals surface area contributed by atoms with E-state index in [1.807, 2.05) is 0 Å². The highest BCUT2D eigenvalue weighted by atomic mass is 19.4. The lowest BCUT2D eigenvalue weighted by Gasteiger charge is -2.13. The van der Waals surface area contributed by atoms with Gasteiger partial charge >= 0.3 is 6.18 Å².